The second kappa shape index (κ2) is 3.69. The van der Waals surface area contributed by atoms with Gasteiger partial charge in [0.15, 0.2) is 0 Å². The van der Waals surface area contributed by atoms with Gasteiger partial charge >= 0.3 is 0 Å². The van der Waals surface area contributed by atoms with E-state index in [1.165, 1.54) is 0 Å². The zero-order chi connectivity index (χ0) is 8.27. The fraction of sp³-hybridized carbons (Fsp3) is 0.857. The van der Waals surface area contributed by atoms with Crippen LogP contribution in [0.25, 0.3) is 0 Å². The van der Waals surface area contributed by atoms with Crippen LogP contribution in [0.2, 0.25) is 0 Å². The Morgan fingerprint density at radius 3 is 2.64 bits per heavy atom. The maximum absolute atomic E-state index is 7.56. The summed E-state index contributed by atoms with van der Waals surface area (Å²) in [6, 6.07) is 0. The number of rotatable bonds is 1. The fourth-order valence-corrected chi connectivity index (χ4v) is 0.934. The van der Waals surface area contributed by atoms with Crippen molar-refractivity contribution in [1.82, 2.24) is 4.90 Å². The number of ether oxygens (including phenoxy) is 2. The first-order chi connectivity index (χ1) is 5.22. The Labute approximate surface area is 66.6 Å². The van der Waals surface area contributed by atoms with Gasteiger partial charge in [0.05, 0.1) is 19.8 Å². The van der Waals surface area contributed by atoms with E-state index in [1.54, 1.807) is 4.90 Å². The highest BCUT2D eigenvalue weighted by molar-refractivity contribution is 5.83. The molecule has 1 heterocycles. The molecule has 4 heteroatoms. The molecule has 1 aliphatic heterocycles. The molecule has 0 bridgehead atoms. The van der Waals surface area contributed by atoms with E-state index in [4.69, 9.17) is 14.9 Å². The van der Waals surface area contributed by atoms with Gasteiger partial charge in [-0.25, -0.2) is 0 Å². The average molecular weight is 158 g/mol. The van der Waals surface area contributed by atoms with Crippen molar-refractivity contribution in [2.24, 2.45) is 0 Å². The monoisotopic (exact) mass is 158 g/mol. The van der Waals surface area contributed by atoms with Gasteiger partial charge < -0.3 is 14.4 Å². The molecule has 0 amide bonds. The number of nitrogens with one attached hydrogen (secondary N) is 1. The van der Waals surface area contributed by atoms with Gasteiger partial charge in [0.25, 0.3) is 0 Å². The summed E-state index contributed by atoms with van der Waals surface area (Å²) < 4.78 is 10.5. The van der Waals surface area contributed by atoms with E-state index in [0.717, 1.165) is 0 Å². The number of nitrogens with zero attached hydrogens (tertiary/aromatic N) is 1. The Morgan fingerprint density at radius 1 is 1.45 bits per heavy atom. The van der Waals surface area contributed by atoms with Gasteiger partial charge in [-0.3, -0.25) is 5.41 Å². The molecule has 64 valence electrons. The Balaban J connectivity index is 2.39. The van der Waals surface area contributed by atoms with Crippen LogP contribution < -0.4 is 0 Å². The van der Waals surface area contributed by atoms with Gasteiger partial charge in [-0.1, -0.05) is 0 Å². The molecule has 1 fully saturated rings. The van der Waals surface area contributed by atoms with Crippen LogP contribution in [0.1, 0.15) is 0 Å². The molecule has 1 rings (SSSR count). The predicted octanol–water partition coefficient (Wildman–Crippen LogP) is -0.0593. The second-order valence-corrected chi connectivity index (χ2v) is 2.71. The first-order valence-corrected chi connectivity index (χ1v) is 3.67. The van der Waals surface area contributed by atoms with Crippen molar-refractivity contribution in [1.29, 1.82) is 5.41 Å². The lowest BCUT2D eigenvalue weighted by Crippen LogP contribution is -2.41. The summed E-state index contributed by atoms with van der Waals surface area (Å²) in [6.45, 7) is 1.76. The third-order valence-corrected chi connectivity index (χ3v) is 1.60. The maximum atomic E-state index is 7.56. The molecule has 0 saturated carbocycles. The fourth-order valence-electron chi connectivity index (χ4n) is 0.934. The Hall–Kier alpha value is -0.610. The molecule has 1 N–H and O–H groups in total. The highest BCUT2D eigenvalue weighted by Crippen LogP contribution is 2.02. The lowest BCUT2D eigenvalue weighted by atomic mass is 10.3. The van der Waals surface area contributed by atoms with Crippen LogP contribution >= 0.6 is 0 Å². The molecular formula is C7H14N2O2. The third-order valence-electron chi connectivity index (χ3n) is 1.60. The zero-order valence-corrected chi connectivity index (χ0v) is 6.96. The minimum absolute atomic E-state index is 0.168. The summed E-state index contributed by atoms with van der Waals surface area (Å²) in [5.41, 5.74) is 0. The van der Waals surface area contributed by atoms with Crippen molar-refractivity contribution in [3.8, 4) is 0 Å². The molecule has 0 radical (unpaired) electrons. The first kappa shape index (κ1) is 8.49. The van der Waals surface area contributed by atoms with Crippen molar-refractivity contribution in [3.05, 3.63) is 0 Å². The molecule has 0 spiro atoms. The number of amidine groups is 1. The summed E-state index contributed by atoms with van der Waals surface area (Å²) in [7, 11) is 3.67. The van der Waals surface area contributed by atoms with Gasteiger partial charge in [0.2, 0.25) is 0 Å². The van der Waals surface area contributed by atoms with Crippen molar-refractivity contribution < 1.29 is 9.47 Å². The lowest BCUT2D eigenvalue weighted by molar-refractivity contribution is -0.0628. The van der Waals surface area contributed by atoms with Gasteiger partial charge in [-0.15, -0.1) is 0 Å². The number of likely N-dealkylation sites (N-methyl/N-ethyl adjacent to an activating group) is 1. The molecule has 0 aromatic rings. The van der Waals surface area contributed by atoms with Crippen molar-refractivity contribution in [2.45, 2.75) is 6.10 Å². The number of hydrogen-bond acceptors (Lipinski definition) is 3. The molecule has 0 aromatic carbocycles. The summed E-state index contributed by atoms with van der Waals surface area (Å²) in [5.74, 6) is 0.477. The second-order valence-electron chi connectivity index (χ2n) is 2.71. The van der Waals surface area contributed by atoms with E-state index in [1.807, 2.05) is 14.1 Å². The summed E-state index contributed by atoms with van der Waals surface area (Å²) >= 11 is 0. The van der Waals surface area contributed by atoms with Crippen LogP contribution in [-0.2, 0) is 9.47 Å². The first-order valence-electron chi connectivity index (χ1n) is 3.67. The minimum Gasteiger partial charge on any atom is -0.376 e. The van der Waals surface area contributed by atoms with Gasteiger partial charge in [-0.05, 0) is 0 Å². The molecule has 4 nitrogen and oxygen atoms in total. The molecule has 0 aromatic heterocycles. The van der Waals surface area contributed by atoms with E-state index in [2.05, 4.69) is 0 Å². The van der Waals surface area contributed by atoms with Crippen molar-refractivity contribution in [2.75, 3.05) is 33.9 Å². The minimum atomic E-state index is -0.168. The third kappa shape index (κ3) is 2.17. The summed E-state index contributed by atoms with van der Waals surface area (Å²) in [5, 5.41) is 7.56. The van der Waals surface area contributed by atoms with E-state index < -0.39 is 0 Å². The van der Waals surface area contributed by atoms with Crippen molar-refractivity contribution in [3.63, 3.8) is 0 Å². The predicted molar refractivity (Wildman–Crippen MR) is 42.0 cm³/mol. The Bertz CT molecular complexity index is 141. The molecule has 1 unspecified atom stereocenters. The quantitative estimate of drug-likeness (QED) is 0.429. The topological polar surface area (TPSA) is 45.6 Å². The van der Waals surface area contributed by atoms with Crippen LogP contribution in [0.4, 0.5) is 0 Å². The highest BCUT2D eigenvalue weighted by Gasteiger charge is 2.20. The standard InChI is InChI=1S/C7H14N2O2/c1-9(2)7(8)6-5-10-3-4-11-6/h6,8H,3-5H2,1-2H3. The summed E-state index contributed by atoms with van der Waals surface area (Å²) in [4.78, 5) is 1.74. The van der Waals surface area contributed by atoms with Crippen LogP contribution in [0.3, 0.4) is 0 Å². The maximum Gasteiger partial charge on any atom is 0.138 e. The average Bonchev–Trinajstić information content (AvgIpc) is 2.05. The van der Waals surface area contributed by atoms with Gasteiger partial charge in [-0.2, -0.15) is 0 Å². The Morgan fingerprint density at radius 2 is 2.18 bits per heavy atom. The lowest BCUT2D eigenvalue weighted by Gasteiger charge is -2.26. The molecular weight excluding hydrogens is 144 g/mol. The van der Waals surface area contributed by atoms with Crippen LogP contribution in [-0.4, -0.2) is 50.8 Å². The van der Waals surface area contributed by atoms with E-state index in [9.17, 15) is 0 Å². The van der Waals surface area contributed by atoms with E-state index >= 15 is 0 Å². The largest absolute Gasteiger partial charge is 0.376 e. The van der Waals surface area contributed by atoms with Crippen LogP contribution in [0.5, 0.6) is 0 Å². The molecule has 1 aliphatic rings. The van der Waals surface area contributed by atoms with E-state index in [0.29, 0.717) is 25.7 Å². The molecule has 0 aliphatic carbocycles. The highest BCUT2D eigenvalue weighted by atomic mass is 16.6. The van der Waals surface area contributed by atoms with Crippen LogP contribution in [0, 0.1) is 5.41 Å². The normalized spacial score (nSPS) is 24.7. The Kier molecular flexibility index (Phi) is 2.84. The summed E-state index contributed by atoms with van der Waals surface area (Å²) in [6.07, 6.45) is -0.168. The van der Waals surface area contributed by atoms with Gasteiger partial charge in [0, 0.05) is 14.1 Å². The van der Waals surface area contributed by atoms with Gasteiger partial charge in [0.1, 0.15) is 11.9 Å². The number of hydrogen-bond donors (Lipinski definition) is 1. The smallest absolute Gasteiger partial charge is 0.138 e. The van der Waals surface area contributed by atoms with E-state index in [-0.39, 0.29) is 6.10 Å². The SMILES string of the molecule is CN(C)C(=N)C1COCCO1. The molecule has 11 heavy (non-hydrogen) atoms. The van der Waals surface area contributed by atoms with Crippen LogP contribution in [0.15, 0.2) is 0 Å². The van der Waals surface area contributed by atoms with Crippen molar-refractivity contribution >= 4 is 5.84 Å². The molecule has 1 atom stereocenters. The zero-order valence-electron chi connectivity index (χ0n) is 6.96. The molecule has 1 saturated heterocycles.